The normalized spacial score (nSPS) is 13.3. The third-order valence-electron chi connectivity index (χ3n) is 2.57. The highest BCUT2D eigenvalue weighted by molar-refractivity contribution is 5.82. The van der Waals surface area contributed by atoms with Crippen molar-refractivity contribution in [3.8, 4) is 0 Å². The first-order valence-corrected chi connectivity index (χ1v) is 6.02. The summed E-state index contributed by atoms with van der Waals surface area (Å²) in [6.45, 7) is 12.4. The zero-order valence-corrected chi connectivity index (χ0v) is 11.1. The average Bonchev–Trinajstić information content (AvgIpc) is 2.19. The molecule has 0 fully saturated rings. The van der Waals surface area contributed by atoms with Crippen molar-refractivity contribution in [3.05, 3.63) is 12.7 Å². The summed E-state index contributed by atoms with van der Waals surface area (Å²) in [5.41, 5.74) is 5.71. The second-order valence-electron chi connectivity index (χ2n) is 5.16. The van der Waals surface area contributed by atoms with Crippen LogP contribution in [0.5, 0.6) is 0 Å². The van der Waals surface area contributed by atoms with Crippen molar-refractivity contribution in [3.63, 3.8) is 0 Å². The summed E-state index contributed by atoms with van der Waals surface area (Å²) in [5, 5.41) is 0. The Balaban J connectivity index is 4.54. The molecule has 2 N–H and O–H groups in total. The molecule has 3 nitrogen and oxygen atoms in total. The van der Waals surface area contributed by atoms with E-state index in [0.29, 0.717) is 6.54 Å². The van der Waals surface area contributed by atoms with Gasteiger partial charge in [0.15, 0.2) is 0 Å². The second kappa shape index (κ2) is 6.69. The minimum absolute atomic E-state index is 0.0286. The standard InChI is InChI=1S/C13H26N2O/c1-6-8-9-11(14)12(16)15(10-7-2)13(3,4)5/h7,11H,2,6,8-10,14H2,1,3-5H3. The van der Waals surface area contributed by atoms with E-state index < -0.39 is 0 Å². The Bertz CT molecular complexity index is 231. The molecule has 1 atom stereocenters. The van der Waals surface area contributed by atoms with Gasteiger partial charge in [0.2, 0.25) is 5.91 Å². The maximum absolute atomic E-state index is 12.1. The summed E-state index contributed by atoms with van der Waals surface area (Å²) < 4.78 is 0. The number of rotatable bonds is 6. The molecular weight excluding hydrogens is 200 g/mol. The molecule has 16 heavy (non-hydrogen) atoms. The molecule has 1 amide bonds. The van der Waals surface area contributed by atoms with E-state index in [9.17, 15) is 4.79 Å². The van der Waals surface area contributed by atoms with Gasteiger partial charge in [-0.15, -0.1) is 6.58 Å². The fraction of sp³-hybridized carbons (Fsp3) is 0.769. The molecule has 0 aliphatic rings. The molecule has 0 radical (unpaired) electrons. The van der Waals surface area contributed by atoms with E-state index in [1.54, 1.807) is 11.0 Å². The summed E-state index contributed by atoms with van der Waals surface area (Å²) in [5.74, 6) is 0.0286. The van der Waals surface area contributed by atoms with Crippen LogP contribution >= 0.6 is 0 Å². The van der Waals surface area contributed by atoms with Crippen molar-refractivity contribution >= 4 is 5.91 Å². The number of nitrogens with zero attached hydrogens (tertiary/aromatic N) is 1. The van der Waals surface area contributed by atoms with Crippen LogP contribution in [-0.2, 0) is 4.79 Å². The van der Waals surface area contributed by atoms with Crippen LogP contribution in [0.4, 0.5) is 0 Å². The lowest BCUT2D eigenvalue weighted by Gasteiger charge is -2.36. The SMILES string of the molecule is C=CCN(C(=O)C(N)CCCC)C(C)(C)C. The third-order valence-corrected chi connectivity index (χ3v) is 2.57. The Morgan fingerprint density at radius 1 is 1.50 bits per heavy atom. The molecule has 94 valence electrons. The van der Waals surface area contributed by atoms with Crippen LogP contribution in [0.3, 0.4) is 0 Å². The molecule has 1 unspecified atom stereocenters. The molecule has 0 aromatic rings. The Kier molecular flexibility index (Phi) is 6.34. The highest BCUT2D eigenvalue weighted by atomic mass is 16.2. The number of amides is 1. The lowest BCUT2D eigenvalue weighted by atomic mass is 10.0. The first kappa shape index (κ1) is 15.2. The number of carbonyl (C=O) groups is 1. The first-order valence-electron chi connectivity index (χ1n) is 6.02. The Morgan fingerprint density at radius 3 is 2.44 bits per heavy atom. The van der Waals surface area contributed by atoms with Gasteiger partial charge in [0.25, 0.3) is 0 Å². The zero-order chi connectivity index (χ0) is 12.8. The van der Waals surface area contributed by atoms with Crippen LogP contribution in [0, 0.1) is 0 Å². The van der Waals surface area contributed by atoms with E-state index in [4.69, 9.17) is 5.73 Å². The minimum Gasteiger partial charge on any atom is -0.333 e. The summed E-state index contributed by atoms with van der Waals surface area (Å²) in [7, 11) is 0. The number of unbranched alkanes of at least 4 members (excludes halogenated alkanes) is 1. The molecule has 3 heteroatoms. The van der Waals surface area contributed by atoms with Crippen LogP contribution in [0.15, 0.2) is 12.7 Å². The van der Waals surface area contributed by atoms with Gasteiger partial charge in [-0.2, -0.15) is 0 Å². The smallest absolute Gasteiger partial charge is 0.240 e. The van der Waals surface area contributed by atoms with Gasteiger partial charge in [-0.25, -0.2) is 0 Å². The van der Waals surface area contributed by atoms with Gasteiger partial charge >= 0.3 is 0 Å². The average molecular weight is 226 g/mol. The summed E-state index contributed by atoms with van der Waals surface area (Å²) in [4.78, 5) is 13.9. The predicted octanol–water partition coefficient (Wildman–Crippen LogP) is 2.32. The van der Waals surface area contributed by atoms with Crippen molar-refractivity contribution in [2.45, 2.75) is 58.5 Å². The second-order valence-corrected chi connectivity index (χ2v) is 5.16. The molecule has 0 aliphatic heterocycles. The van der Waals surface area contributed by atoms with Gasteiger partial charge in [-0.3, -0.25) is 4.79 Å². The van der Waals surface area contributed by atoms with Crippen molar-refractivity contribution in [2.75, 3.05) is 6.54 Å². The van der Waals surface area contributed by atoms with Crippen LogP contribution in [0.25, 0.3) is 0 Å². The van der Waals surface area contributed by atoms with Gasteiger partial charge < -0.3 is 10.6 Å². The van der Waals surface area contributed by atoms with Crippen LogP contribution in [-0.4, -0.2) is 28.9 Å². The summed E-state index contributed by atoms with van der Waals surface area (Å²) >= 11 is 0. The quantitative estimate of drug-likeness (QED) is 0.706. The molecule has 0 rings (SSSR count). The number of hydrogen-bond acceptors (Lipinski definition) is 2. The van der Waals surface area contributed by atoms with E-state index in [-0.39, 0.29) is 17.5 Å². The third kappa shape index (κ3) is 4.79. The van der Waals surface area contributed by atoms with Gasteiger partial charge in [-0.05, 0) is 27.2 Å². The zero-order valence-electron chi connectivity index (χ0n) is 11.1. The summed E-state index contributed by atoms with van der Waals surface area (Å²) in [6, 6.07) is -0.376. The molecule has 0 spiro atoms. The van der Waals surface area contributed by atoms with E-state index in [1.165, 1.54) is 0 Å². The molecule has 0 aromatic heterocycles. The molecule has 0 saturated heterocycles. The number of carbonyl (C=O) groups excluding carboxylic acids is 1. The maximum atomic E-state index is 12.1. The minimum atomic E-state index is -0.376. The number of hydrogen-bond donors (Lipinski definition) is 1. The lowest BCUT2D eigenvalue weighted by Crippen LogP contribution is -2.52. The van der Waals surface area contributed by atoms with Gasteiger partial charge in [0, 0.05) is 12.1 Å². The van der Waals surface area contributed by atoms with Crippen LogP contribution in [0.1, 0.15) is 47.0 Å². The topological polar surface area (TPSA) is 46.3 Å². The monoisotopic (exact) mass is 226 g/mol. The van der Waals surface area contributed by atoms with Crippen molar-refractivity contribution in [1.82, 2.24) is 4.90 Å². The van der Waals surface area contributed by atoms with E-state index in [1.807, 2.05) is 20.8 Å². The lowest BCUT2D eigenvalue weighted by molar-refractivity contribution is -0.136. The Hall–Kier alpha value is -0.830. The molecule has 0 aliphatic carbocycles. The Labute approximate surface area is 99.7 Å². The van der Waals surface area contributed by atoms with E-state index in [2.05, 4.69) is 13.5 Å². The Morgan fingerprint density at radius 2 is 2.06 bits per heavy atom. The van der Waals surface area contributed by atoms with E-state index in [0.717, 1.165) is 19.3 Å². The molecule has 0 aromatic carbocycles. The molecule has 0 heterocycles. The van der Waals surface area contributed by atoms with Crippen LogP contribution < -0.4 is 5.73 Å². The van der Waals surface area contributed by atoms with Crippen LogP contribution in [0.2, 0.25) is 0 Å². The van der Waals surface area contributed by atoms with Crippen molar-refractivity contribution in [2.24, 2.45) is 5.73 Å². The van der Waals surface area contributed by atoms with Crippen molar-refractivity contribution in [1.29, 1.82) is 0 Å². The van der Waals surface area contributed by atoms with E-state index >= 15 is 0 Å². The largest absolute Gasteiger partial charge is 0.333 e. The summed E-state index contributed by atoms with van der Waals surface area (Å²) in [6.07, 6.45) is 4.58. The van der Waals surface area contributed by atoms with Gasteiger partial charge in [0.1, 0.15) is 0 Å². The highest BCUT2D eigenvalue weighted by Crippen LogP contribution is 2.15. The van der Waals surface area contributed by atoms with Gasteiger partial charge in [-0.1, -0.05) is 25.8 Å². The fourth-order valence-electron chi connectivity index (χ4n) is 1.57. The fourth-order valence-corrected chi connectivity index (χ4v) is 1.57. The van der Waals surface area contributed by atoms with Crippen molar-refractivity contribution < 1.29 is 4.79 Å². The molecule has 0 bridgehead atoms. The first-order chi connectivity index (χ1) is 7.34. The maximum Gasteiger partial charge on any atom is 0.240 e. The predicted molar refractivity (Wildman–Crippen MR) is 69.2 cm³/mol. The molecular formula is C13H26N2O. The van der Waals surface area contributed by atoms with Gasteiger partial charge in [0.05, 0.1) is 6.04 Å². The highest BCUT2D eigenvalue weighted by Gasteiger charge is 2.28. The number of nitrogens with two attached hydrogens (primary N) is 1. The molecule has 0 saturated carbocycles.